The van der Waals surface area contributed by atoms with E-state index in [1.807, 2.05) is 30.3 Å². The number of benzene rings is 1. The molecule has 5 nitrogen and oxygen atoms in total. The number of aromatic nitrogens is 2. The van der Waals surface area contributed by atoms with Crippen molar-refractivity contribution in [2.75, 3.05) is 13.1 Å². The first-order chi connectivity index (χ1) is 11.2. The van der Waals surface area contributed by atoms with Crippen LogP contribution in [0.2, 0.25) is 0 Å². The first-order valence-corrected chi connectivity index (χ1v) is 8.41. The fraction of sp³-hybridized carbons (Fsp3) is 0.294. The molecule has 0 spiro atoms. The van der Waals surface area contributed by atoms with E-state index < -0.39 is 0 Å². The van der Waals surface area contributed by atoms with Crippen molar-refractivity contribution in [1.29, 1.82) is 0 Å². The van der Waals surface area contributed by atoms with E-state index >= 15 is 0 Å². The second kappa shape index (κ2) is 7.10. The zero-order chi connectivity index (χ0) is 16.2. The smallest absolute Gasteiger partial charge is 0.324 e. The SMILES string of the molecule is CCC(=O)ON1CCC=C(c2cc(-c3ccc(Br)cc3)n[nH]2)C1. The van der Waals surface area contributed by atoms with Gasteiger partial charge < -0.3 is 4.84 Å². The molecule has 1 aromatic carbocycles. The maximum absolute atomic E-state index is 11.4. The van der Waals surface area contributed by atoms with Crippen LogP contribution in [0, 0.1) is 0 Å². The monoisotopic (exact) mass is 375 g/mol. The second-order valence-corrected chi connectivity index (χ2v) is 6.29. The van der Waals surface area contributed by atoms with E-state index in [2.05, 4.69) is 32.2 Å². The third kappa shape index (κ3) is 3.89. The van der Waals surface area contributed by atoms with Crippen LogP contribution >= 0.6 is 15.9 Å². The van der Waals surface area contributed by atoms with Gasteiger partial charge in [-0.1, -0.05) is 41.1 Å². The molecular formula is C17H18BrN3O2. The van der Waals surface area contributed by atoms with Gasteiger partial charge in [-0.15, -0.1) is 5.06 Å². The first kappa shape index (κ1) is 16.0. The van der Waals surface area contributed by atoms with Crippen molar-refractivity contribution in [3.8, 4) is 11.3 Å². The Morgan fingerprint density at radius 2 is 2.17 bits per heavy atom. The Labute approximate surface area is 143 Å². The Kier molecular flexibility index (Phi) is 4.93. The lowest BCUT2D eigenvalue weighted by Crippen LogP contribution is -2.32. The summed E-state index contributed by atoms with van der Waals surface area (Å²) in [6.07, 6.45) is 3.39. The van der Waals surface area contributed by atoms with Gasteiger partial charge in [-0.2, -0.15) is 5.10 Å². The summed E-state index contributed by atoms with van der Waals surface area (Å²) >= 11 is 3.43. The summed E-state index contributed by atoms with van der Waals surface area (Å²) in [4.78, 5) is 16.7. The number of aromatic amines is 1. The number of hydroxylamine groups is 2. The van der Waals surface area contributed by atoms with Crippen LogP contribution in [0.25, 0.3) is 16.8 Å². The minimum Gasteiger partial charge on any atom is -0.368 e. The molecule has 1 aromatic heterocycles. The van der Waals surface area contributed by atoms with E-state index in [1.54, 1.807) is 12.0 Å². The molecule has 3 rings (SSSR count). The van der Waals surface area contributed by atoms with Crippen LogP contribution in [0.4, 0.5) is 0 Å². The first-order valence-electron chi connectivity index (χ1n) is 7.62. The van der Waals surface area contributed by atoms with Crippen LogP contribution in [0.15, 0.2) is 40.9 Å². The van der Waals surface area contributed by atoms with Crippen LogP contribution in [0.5, 0.6) is 0 Å². The van der Waals surface area contributed by atoms with Gasteiger partial charge in [0.1, 0.15) is 0 Å². The molecule has 2 heterocycles. The lowest BCUT2D eigenvalue weighted by atomic mass is 10.1. The van der Waals surface area contributed by atoms with Crippen molar-refractivity contribution in [1.82, 2.24) is 15.3 Å². The summed E-state index contributed by atoms with van der Waals surface area (Å²) in [5.74, 6) is -0.202. The van der Waals surface area contributed by atoms with Gasteiger partial charge in [-0.05, 0) is 30.2 Å². The van der Waals surface area contributed by atoms with Gasteiger partial charge in [0.2, 0.25) is 0 Å². The minimum atomic E-state index is -0.202. The zero-order valence-electron chi connectivity index (χ0n) is 12.9. The van der Waals surface area contributed by atoms with Crippen molar-refractivity contribution in [2.45, 2.75) is 19.8 Å². The predicted molar refractivity (Wildman–Crippen MR) is 92.3 cm³/mol. The molecule has 6 heteroatoms. The van der Waals surface area contributed by atoms with E-state index in [4.69, 9.17) is 4.84 Å². The lowest BCUT2D eigenvalue weighted by Gasteiger charge is -2.25. The molecule has 0 atom stereocenters. The fourth-order valence-electron chi connectivity index (χ4n) is 2.45. The number of carbonyl (C=O) groups excluding carboxylic acids is 1. The molecule has 2 aromatic rings. The Bertz CT molecular complexity index is 722. The molecule has 1 N–H and O–H groups in total. The van der Waals surface area contributed by atoms with Crippen LogP contribution in [-0.4, -0.2) is 34.3 Å². The van der Waals surface area contributed by atoms with E-state index in [0.717, 1.165) is 40.0 Å². The molecule has 0 amide bonds. The van der Waals surface area contributed by atoms with Crippen molar-refractivity contribution in [3.05, 3.63) is 46.6 Å². The summed E-state index contributed by atoms with van der Waals surface area (Å²) < 4.78 is 1.04. The Balaban J connectivity index is 1.73. The standard InChI is InChI=1S/C17H18BrN3O2/c1-2-17(22)23-21-9-3-4-13(11-21)16-10-15(19-20-16)12-5-7-14(18)8-6-12/h4-8,10H,2-3,9,11H2,1H3,(H,19,20). The minimum absolute atomic E-state index is 0.202. The van der Waals surface area contributed by atoms with Gasteiger partial charge in [0.25, 0.3) is 0 Å². The summed E-state index contributed by atoms with van der Waals surface area (Å²) in [5.41, 5.74) is 4.01. The third-order valence-corrected chi connectivity index (χ3v) is 4.23. The molecule has 0 fully saturated rings. The highest BCUT2D eigenvalue weighted by molar-refractivity contribution is 9.10. The number of nitrogens with zero attached hydrogens (tertiary/aromatic N) is 2. The highest BCUT2D eigenvalue weighted by Crippen LogP contribution is 2.25. The number of rotatable bonds is 4. The molecule has 1 aliphatic rings. The summed E-state index contributed by atoms with van der Waals surface area (Å²) in [6, 6.07) is 10.1. The number of hydrogen-bond acceptors (Lipinski definition) is 4. The van der Waals surface area contributed by atoms with Crippen molar-refractivity contribution >= 4 is 27.5 Å². The van der Waals surface area contributed by atoms with E-state index in [-0.39, 0.29) is 5.97 Å². The zero-order valence-corrected chi connectivity index (χ0v) is 14.5. The molecular weight excluding hydrogens is 358 g/mol. The van der Waals surface area contributed by atoms with Gasteiger partial charge >= 0.3 is 5.97 Å². The van der Waals surface area contributed by atoms with Crippen molar-refractivity contribution in [2.24, 2.45) is 0 Å². The maximum Gasteiger partial charge on any atom is 0.324 e. The van der Waals surface area contributed by atoms with Gasteiger partial charge in [-0.25, -0.2) is 0 Å². The van der Waals surface area contributed by atoms with Crippen LogP contribution in [-0.2, 0) is 9.63 Å². The summed E-state index contributed by atoms with van der Waals surface area (Å²) in [6.45, 7) is 3.10. The van der Waals surface area contributed by atoms with Crippen LogP contribution in [0.1, 0.15) is 25.5 Å². The Hall–Kier alpha value is -1.92. The average Bonchev–Trinajstić information content (AvgIpc) is 3.06. The molecule has 23 heavy (non-hydrogen) atoms. The molecule has 0 bridgehead atoms. The largest absolute Gasteiger partial charge is 0.368 e. The number of carbonyl (C=O) groups is 1. The van der Waals surface area contributed by atoms with Crippen LogP contribution < -0.4 is 0 Å². The predicted octanol–water partition coefficient (Wildman–Crippen LogP) is 3.80. The normalized spacial score (nSPS) is 15.3. The van der Waals surface area contributed by atoms with Gasteiger partial charge in [0, 0.05) is 23.0 Å². The number of halogens is 1. The Morgan fingerprint density at radius 1 is 1.39 bits per heavy atom. The van der Waals surface area contributed by atoms with E-state index in [9.17, 15) is 4.79 Å². The molecule has 0 radical (unpaired) electrons. The highest BCUT2D eigenvalue weighted by atomic mass is 79.9. The molecule has 1 aliphatic heterocycles. The topological polar surface area (TPSA) is 58.2 Å². The van der Waals surface area contributed by atoms with E-state index in [1.165, 1.54) is 0 Å². The number of H-pyrrole nitrogens is 1. The molecule has 0 saturated carbocycles. The maximum atomic E-state index is 11.4. The summed E-state index contributed by atoms with van der Waals surface area (Å²) in [7, 11) is 0. The number of hydrogen-bond donors (Lipinski definition) is 1. The summed E-state index contributed by atoms with van der Waals surface area (Å²) in [5, 5.41) is 9.17. The van der Waals surface area contributed by atoms with Gasteiger partial charge in [-0.3, -0.25) is 9.89 Å². The molecule has 120 valence electrons. The fourth-order valence-corrected chi connectivity index (χ4v) is 2.72. The van der Waals surface area contributed by atoms with E-state index in [0.29, 0.717) is 13.0 Å². The van der Waals surface area contributed by atoms with Gasteiger partial charge in [0.15, 0.2) is 0 Å². The average molecular weight is 376 g/mol. The Morgan fingerprint density at radius 3 is 2.91 bits per heavy atom. The van der Waals surface area contributed by atoms with Gasteiger partial charge in [0.05, 0.1) is 17.9 Å². The molecule has 0 saturated heterocycles. The third-order valence-electron chi connectivity index (χ3n) is 3.70. The van der Waals surface area contributed by atoms with Crippen LogP contribution in [0.3, 0.4) is 0 Å². The molecule has 0 aliphatic carbocycles. The highest BCUT2D eigenvalue weighted by Gasteiger charge is 2.18. The molecule has 0 unspecified atom stereocenters. The lowest BCUT2D eigenvalue weighted by molar-refractivity contribution is -0.187. The van der Waals surface area contributed by atoms with Crippen molar-refractivity contribution < 1.29 is 9.63 Å². The quantitative estimate of drug-likeness (QED) is 0.882. The number of nitrogens with one attached hydrogen (secondary N) is 1. The second-order valence-electron chi connectivity index (χ2n) is 5.37. The van der Waals surface area contributed by atoms with Crippen molar-refractivity contribution in [3.63, 3.8) is 0 Å².